The van der Waals surface area contributed by atoms with E-state index < -0.39 is 6.10 Å². The van der Waals surface area contributed by atoms with E-state index in [0.717, 1.165) is 49.7 Å². The number of aliphatic hydroxyl groups excluding tert-OH is 2. The maximum absolute atomic E-state index is 9.65. The topological polar surface area (TPSA) is 49.7 Å². The van der Waals surface area contributed by atoms with Gasteiger partial charge in [0.2, 0.25) is 0 Å². The second-order valence-electron chi connectivity index (χ2n) is 8.13. The van der Waals surface area contributed by atoms with Gasteiger partial charge in [-0.2, -0.15) is 0 Å². The average molecular weight is 548 g/mol. The fourth-order valence-electron chi connectivity index (χ4n) is 2.75. The molecule has 0 spiro atoms. The zero-order valence-electron chi connectivity index (χ0n) is 22.5. The first-order chi connectivity index (χ1) is 18.1. The minimum atomic E-state index is -0.631. The number of rotatable bonds is 12. The summed E-state index contributed by atoms with van der Waals surface area (Å²) in [5, 5.41) is 17.6. The summed E-state index contributed by atoms with van der Waals surface area (Å²) in [6, 6.07) is 19.7. The average Bonchev–Trinajstić information content (AvgIpc) is 2.94. The number of halogens is 2. The van der Waals surface area contributed by atoms with Gasteiger partial charge in [-0.15, -0.1) is 35.0 Å². The van der Waals surface area contributed by atoms with Crippen molar-refractivity contribution in [2.24, 2.45) is 0 Å². The van der Waals surface area contributed by atoms with Gasteiger partial charge in [-0.3, -0.25) is 0 Å². The quantitative estimate of drug-likeness (QED) is 0.160. The highest BCUT2D eigenvalue weighted by Crippen LogP contribution is 2.16. The molecule has 0 saturated carbocycles. The summed E-state index contributed by atoms with van der Waals surface area (Å²) in [6.07, 6.45) is 7.22. The molecule has 0 aromatic heterocycles. The zero-order valence-corrected chi connectivity index (χ0v) is 24.0. The summed E-state index contributed by atoms with van der Waals surface area (Å²) in [5.41, 5.74) is 1.99. The predicted molar refractivity (Wildman–Crippen MR) is 159 cm³/mol. The monoisotopic (exact) mass is 546 g/mol. The molecule has 0 fully saturated rings. The molecular weight excluding hydrogens is 503 g/mol. The van der Waals surface area contributed by atoms with Crippen molar-refractivity contribution >= 4 is 23.2 Å². The molecule has 5 heteroatoms. The van der Waals surface area contributed by atoms with Crippen LogP contribution < -0.4 is 0 Å². The van der Waals surface area contributed by atoms with Gasteiger partial charge in [0.25, 0.3) is 0 Å². The summed E-state index contributed by atoms with van der Waals surface area (Å²) in [4.78, 5) is 0. The smallest absolute Gasteiger partial charge is 0.143 e. The second-order valence-corrected chi connectivity index (χ2v) is 8.89. The largest absolute Gasteiger partial charge is 0.396 e. The van der Waals surface area contributed by atoms with Crippen LogP contribution >= 0.6 is 23.2 Å². The van der Waals surface area contributed by atoms with Gasteiger partial charge in [0.15, 0.2) is 0 Å². The third-order valence-corrected chi connectivity index (χ3v) is 5.39. The van der Waals surface area contributed by atoms with Gasteiger partial charge < -0.3 is 14.9 Å². The van der Waals surface area contributed by atoms with Crippen molar-refractivity contribution in [3.05, 3.63) is 71.8 Å². The predicted octanol–water partition coefficient (Wildman–Crippen LogP) is 8.09. The van der Waals surface area contributed by atoms with Gasteiger partial charge in [0.1, 0.15) is 12.2 Å². The van der Waals surface area contributed by atoms with Crippen LogP contribution in [0.2, 0.25) is 0 Å². The molecule has 2 N–H and O–H groups in total. The van der Waals surface area contributed by atoms with E-state index in [2.05, 4.69) is 49.7 Å². The first-order valence-electron chi connectivity index (χ1n) is 13.2. The van der Waals surface area contributed by atoms with Crippen LogP contribution in [0.5, 0.6) is 0 Å². The van der Waals surface area contributed by atoms with Crippen molar-refractivity contribution in [3.8, 4) is 23.7 Å². The number of ether oxygens (including phenoxy) is 1. The molecule has 37 heavy (non-hydrogen) atoms. The number of benzene rings is 2. The molecule has 204 valence electrons. The third-order valence-electron chi connectivity index (χ3n) is 4.85. The molecule has 2 atom stereocenters. The Kier molecular flexibility index (Phi) is 25.6. The lowest BCUT2D eigenvalue weighted by molar-refractivity contribution is 0.0926. The van der Waals surface area contributed by atoms with Crippen LogP contribution in [0.1, 0.15) is 88.5 Å². The number of alkyl halides is 2. The highest BCUT2D eigenvalue weighted by atomic mass is 35.5. The minimum absolute atomic E-state index is 0.119. The standard InChI is InChI=1S/C16H21ClO.C13H16O.C3H7ClO/c1-2-3-4-8-12-16(18-14-9-13-17)15-10-6-5-7-11-15;1-2-3-4-8-11-13(14)12-9-6-5-7-10-12;4-2-1-3-5/h5-7,10-11,16H,2-4,9,13-14H2,1H3;5-7,9-10,13-14H,2-4H2,1H3;5H,1-3H2. The molecule has 2 aromatic carbocycles. The second kappa shape index (κ2) is 27.1. The van der Waals surface area contributed by atoms with Crippen molar-refractivity contribution in [3.63, 3.8) is 0 Å². The Hall–Kier alpha value is -1.98. The molecule has 0 aliphatic carbocycles. The zero-order chi connectivity index (χ0) is 27.4. The molecule has 0 heterocycles. The number of unbranched alkanes of at least 4 members (excludes halogenated alkanes) is 4. The highest BCUT2D eigenvalue weighted by molar-refractivity contribution is 6.18. The van der Waals surface area contributed by atoms with E-state index in [1.807, 2.05) is 48.5 Å². The van der Waals surface area contributed by atoms with Crippen LogP contribution in [0, 0.1) is 23.7 Å². The SMILES string of the molecule is CCCCC#CC(O)c1ccccc1.CCCCC#CC(OCCCCl)c1ccccc1.OCCCCl. The van der Waals surface area contributed by atoms with Gasteiger partial charge in [0.05, 0.1) is 0 Å². The lowest BCUT2D eigenvalue weighted by Gasteiger charge is -2.12. The Morgan fingerprint density at radius 1 is 0.730 bits per heavy atom. The molecule has 3 nitrogen and oxygen atoms in total. The van der Waals surface area contributed by atoms with E-state index in [-0.39, 0.29) is 12.7 Å². The van der Waals surface area contributed by atoms with Crippen LogP contribution in [0.25, 0.3) is 0 Å². The van der Waals surface area contributed by atoms with E-state index in [1.54, 1.807) is 0 Å². The van der Waals surface area contributed by atoms with Gasteiger partial charge >= 0.3 is 0 Å². The molecule has 0 aliphatic heterocycles. The van der Waals surface area contributed by atoms with Crippen LogP contribution in [-0.2, 0) is 4.74 Å². The van der Waals surface area contributed by atoms with Crippen molar-refractivity contribution in [1.29, 1.82) is 0 Å². The van der Waals surface area contributed by atoms with Gasteiger partial charge in [-0.05, 0) is 36.8 Å². The fourth-order valence-corrected chi connectivity index (χ4v) is 2.98. The Balaban J connectivity index is 0.000000605. The summed E-state index contributed by atoms with van der Waals surface area (Å²) in [5.74, 6) is 13.4. The maximum atomic E-state index is 9.65. The fraction of sp³-hybridized carbons (Fsp3) is 0.500. The maximum Gasteiger partial charge on any atom is 0.143 e. The van der Waals surface area contributed by atoms with E-state index >= 15 is 0 Å². The Morgan fingerprint density at radius 3 is 1.70 bits per heavy atom. The lowest BCUT2D eigenvalue weighted by atomic mass is 10.1. The van der Waals surface area contributed by atoms with Crippen molar-refractivity contribution in [2.75, 3.05) is 25.0 Å². The molecule has 2 aromatic rings. The van der Waals surface area contributed by atoms with Crippen molar-refractivity contribution < 1.29 is 14.9 Å². The number of hydrogen-bond acceptors (Lipinski definition) is 3. The molecule has 2 unspecified atom stereocenters. The Bertz CT molecular complexity index is 865. The molecule has 0 saturated heterocycles. The van der Waals surface area contributed by atoms with Crippen molar-refractivity contribution in [2.45, 2.75) is 77.4 Å². The van der Waals surface area contributed by atoms with Gasteiger partial charge in [0, 0.05) is 37.8 Å². The van der Waals surface area contributed by atoms with E-state index in [4.69, 9.17) is 33.0 Å². The molecule has 0 radical (unpaired) electrons. The third kappa shape index (κ3) is 20.7. The molecule has 0 bridgehead atoms. The highest BCUT2D eigenvalue weighted by Gasteiger charge is 2.07. The van der Waals surface area contributed by atoms with Crippen molar-refractivity contribution in [1.82, 2.24) is 0 Å². The summed E-state index contributed by atoms with van der Waals surface area (Å²) in [7, 11) is 0. The van der Waals surface area contributed by atoms with Crippen LogP contribution in [-0.4, -0.2) is 35.2 Å². The number of hydrogen-bond donors (Lipinski definition) is 2. The Labute approximate surface area is 235 Å². The summed E-state index contributed by atoms with van der Waals surface area (Å²) >= 11 is 10.8. The summed E-state index contributed by atoms with van der Waals surface area (Å²) < 4.78 is 5.79. The normalized spacial score (nSPS) is 11.2. The van der Waals surface area contributed by atoms with E-state index in [9.17, 15) is 5.11 Å². The van der Waals surface area contributed by atoms with E-state index in [0.29, 0.717) is 24.8 Å². The van der Waals surface area contributed by atoms with E-state index in [1.165, 1.54) is 6.42 Å². The minimum Gasteiger partial charge on any atom is -0.396 e. The first-order valence-corrected chi connectivity index (χ1v) is 14.3. The molecule has 0 aliphatic rings. The lowest BCUT2D eigenvalue weighted by Crippen LogP contribution is -2.04. The van der Waals surface area contributed by atoms with Gasteiger partial charge in [-0.1, -0.05) is 99.2 Å². The Morgan fingerprint density at radius 2 is 1.24 bits per heavy atom. The first kappa shape index (κ1) is 35.0. The molecule has 2 rings (SSSR count). The van der Waals surface area contributed by atoms with Crippen LogP contribution in [0.4, 0.5) is 0 Å². The summed E-state index contributed by atoms with van der Waals surface area (Å²) in [6.45, 7) is 5.18. The van der Waals surface area contributed by atoms with Gasteiger partial charge in [-0.25, -0.2) is 0 Å². The number of aliphatic hydroxyl groups is 2. The van der Waals surface area contributed by atoms with Crippen LogP contribution in [0.15, 0.2) is 60.7 Å². The van der Waals surface area contributed by atoms with Crippen LogP contribution in [0.3, 0.4) is 0 Å². The molecular formula is C32H44Cl2O3. The molecule has 0 amide bonds.